The zero-order valence-electron chi connectivity index (χ0n) is 13.5. The molecular formula is C6H19Ca2O9P. The summed E-state index contributed by atoms with van der Waals surface area (Å²) in [6.45, 7) is -1.77. The number of aliphatic hydroxyl groups excluding tert-OH is 5. The van der Waals surface area contributed by atoms with Crippen LogP contribution in [-0.2, 0) is 9.09 Å². The summed E-state index contributed by atoms with van der Waals surface area (Å²) >= 11 is 0. The second-order valence-corrected chi connectivity index (χ2v) is 4.32. The normalized spacial score (nSPS) is 17.9. The van der Waals surface area contributed by atoms with Crippen LogP contribution >= 0.6 is 7.82 Å². The molecule has 0 aromatic heterocycles. The fourth-order valence-corrected chi connectivity index (χ4v) is 1.18. The summed E-state index contributed by atoms with van der Waals surface area (Å²) in [5.74, 6) is 0. The quantitative estimate of drug-likeness (QED) is 0.181. The van der Waals surface area contributed by atoms with E-state index in [9.17, 15) is 9.67 Å². The first-order chi connectivity index (χ1) is 7.19. The molecule has 0 heterocycles. The largest absolute Gasteiger partial charge is 2.00 e. The maximum absolute atomic E-state index is 10.2. The Balaban J connectivity index is -0.0000000750. The van der Waals surface area contributed by atoms with Crippen LogP contribution in [0.5, 0.6) is 0 Å². The minimum Gasteiger partial charge on any atom is -1.00 e. The number of phosphoric ester groups is 1. The number of hydrogen-bond acceptors (Lipinski definition) is 7. The van der Waals surface area contributed by atoms with Crippen molar-refractivity contribution in [2.24, 2.45) is 0 Å². The van der Waals surface area contributed by atoms with Crippen LogP contribution in [-0.4, -0.2) is 148 Å². The van der Waals surface area contributed by atoms with Gasteiger partial charge in [0.1, 0.15) is 24.4 Å². The predicted octanol–water partition coefficient (Wildman–Crippen LogP) is -3.78. The fraction of sp³-hybridized carbons (Fsp3) is 1.00. The molecule has 0 spiro atoms. The molecule has 4 atom stereocenters. The summed E-state index contributed by atoms with van der Waals surface area (Å²) in [4.78, 5) is 16.6. The maximum atomic E-state index is 10.2. The Hall–Kier alpha value is 2.43. The van der Waals surface area contributed by atoms with Crippen LogP contribution in [0.3, 0.4) is 0 Å². The Morgan fingerprint density at radius 1 is 1.00 bits per heavy atom. The average molecular weight is 346 g/mol. The van der Waals surface area contributed by atoms with Gasteiger partial charge in [0, 0.05) is 0 Å². The van der Waals surface area contributed by atoms with Crippen LogP contribution in [0.25, 0.3) is 0 Å². The summed E-state index contributed by atoms with van der Waals surface area (Å²) in [5.41, 5.74) is 0. The van der Waals surface area contributed by atoms with Crippen LogP contribution in [0.15, 0.2) is 0 Å². The Kier molecular flexibility index (Phi) is 17.0. The SMILES string of the molecule is O=P(O)(O)OC[C@@H](O)[C@@H](O)[C@H](O)[C@H](O)CO.[Ca+2].[Ca+2].[H-].[H-].[H-].[H-]. The van der Waals surface area contributed by atoms with Crippen molar-refractivity contribution < 1.29 is 50.1 Å². The van der Waals surface area contributed by atoms with Crippen molar-refractivity contribution in [1.82, 2.24) is 0 Å². The Bertz CT molecular complexity index is 264. The Labute approximate surface area is 169 Å². The van der Waals surface area contributed by atoms with Crippen LogP contribution in [0.4, 0.5) is 0 Å². The van der Waals surface area contributed by atoms with E-state index in [2.05, 4.69) is 4.52 Å². The maximum Gasteiger partial charge on any atom is 2.00 e. The van der Waals surface area contributed by atoms with E-state index in [4.69, 9.17) is 30.2 Å². The van der Waals surface area contributed by atoms with Crippen molar-refractivity contribution in [2.75, 3.05) is 13.2 Å². The molecule has 0 aliphatic heterocycles. The van der Waals surface area contributed by atoms with E-state index in [1.165, 1.54) is 0 Å². The topological polar surface area (TPSA) is 168 Å². The van der Waals surface area contributed by atoms with E-state index in [-0.39, 0.29) is 81.2 Å². The zero-order valence-corrected chi connectivity index (χ0v) is 14.8. The van der Waals surface area contributed by atoms with E-state index < -0.39 is 45.5 Å². The molecule has 12 heteroatoms. The molecule has 0 rings (SSSR count). The van der Waals surface area contributed by atoms with Crippen molar-refractivity contribution in [3.63, 3.8) is 0 Å². The molecule has 0 radical (unpaired) electrons. The number of aliphatic hydroxyl groups is 5. The third-order valence-electron chi connectivity index (χ3n) is 1.74. The molecule has 0 aromatic carbocycles. The van der Waals surface area contributed by atoms with E-state index in [0.717, 1.165) is 0 Å². The molecule has 0 amide bonds. The summed E-state index contributed by atoms with van der Waals surface area (Å²) in [5, 5.41) is 44.8. The van der Waals surface area contributed by atoms with Crippen molar-refractivity contribution in [3.8, 4) is 0 Å². The van der Waals surface area contributed by atoms with Gasteiger partial charge in [-0.25, -0.2) is 4.57 Å². The van der Waals surface area contributed by atoms with Crippen LogP contribution in [0, 0.1) is 0 Å². The Morgan fingerprint density at radius 3 is 1.72 bits per heavy atom. The van der Waals surface area contributed by atoms with Gasteiger partial charge < -0.3 is 41.0 Å². The number of hydrogen-bond donors (Lipinski definition) is 7. The molecule has 0 fully saturated rings. The molecule has 0 aliphatic rings. The minimum absolute atomic E-state index is 0. The van der Waals surface area contributed by atoms with Gasteiger partial charge in [0.15, 0.2) is 0 Å². The molecule has 0 unspecified atom stereocenters. The summed E-state index contributed by atoms with van der Waals surface area (Å²) in [7, 11) is -4.78. The van der Waals surface area contributed by atoms with Gasteiger partial charge >= 0.3 is 83.3 Å². The van der Waals surface area contributed by atoms with Gasteiger partial charge in [-0.15, -0.1) is 0 Å². The third-order valence-corrected chi connectivity index (χ3v) is 2.22. The van der Waals surface area contributed by atoms with Crippen LogP contribution in [0.2, 0.25) is 0 Å². The van der Waals surface area contributed by atoms with Gasteiger partial charge in [-0.2, -0.15) is 0 Å². The van der Waals surface area contributed by atoms with Gasteiger partial charge in [-0.3, -0.25) is 4.52 Å². The molecule has 9 nitrogen and oxygen atoms in total. The first-order valence-corrected chi connectivity index (χ1v) is 5.75. The van der Waals surface area contributed by atoms with E-state index in [0.29, 0.717) is 0 Å². The molecule has 0 saturated carbocycles. The molecule has 18 heavy (non-hydrogen) atoms. The third kappa shape index (κ3) is 11.1. The molecular weight excluding hydrogens is 327 g/mol. The Morgan fingerprint density at radius 2 is 1.39 bits per heavy atom. The first-order valence-electron chi connectivity index (χ1n) is 4.22. The smallest absolute Gasteiger partial charge is 1.00 e. The monoisotopic (exact) mass is 346 g/mol. The zero-order chi connectivity index (χ0) is 12.9. The fourth-order valence-electron chi connectivity index (χ4n) is 0.835. The second kappa shape index (κ2) is 12.0. The summed E-state index contributed by atoms with van der Waals surface area (Å²) in [6.07, 6.45) is -7.27. The van der Waals surface area contributed by atoms with E-state index >= 15 is 0 Å². The molecule has 0 aliphatic carbocycles. The molecule has 0 aromatic rings. The minimum atomic E-state index is -4.78. The average Bonchev–Trinajstić information content (AvgIpc) is 2.21. The second-order valence-electron chi connectivity index (χ2n) is 3.08. The molecule has 7 N–H and O–H groups in total. The number of phosphoric acid groups is 1. The standard InChI is InChI=1S/C6H15O9P.2Ca.4H/c7-1-3(8)5(10)6(11)4(9)2-15-16(12,13)14;;;;;;/h3-11H,1-2H2,(H2,12,13,14);;;;;;/q;2*+2;4*-1/t3-,4-,5-,6-;;;;;;/m1....../s1. The van der Waals surface area contributed by atoms with E-state index in [1.54, 1.807) is 0 Å². The van der Waals surface area contributed by atoms with Crippen molar-refractivity contribution in [1.29, 1.82) is 0 Å². The van der Waals surface area contributed by atoms with Crippen LogP contribution in [0.1, 0.15) is 5.71 Å². The summed E-state index contributed by atoms with van der Waals surface area (Å²) in [6, 6.07) is 0. The molecule has 0 bridgehead atoms. The summed E-state index contributed by atoms with van der Waals surface area (Å²) < 4.78 is 14.1. The van der Waals surface area contributed by atoms with Crippen molar-refractivity contribution in [2.45, 2.75) is 24.4 Å². The first kappa shape index (κ1) is 25.4. The van der Waals surface area contributed by atoms with Gasteiger partial charge in [0.25, 0.3) is 0 Å². The van der Waals surface area contributed by atoms with Gasteiger partial charge in [-0.05, 0) is 0 Å². The predicted molar refractivity (Wildman–Crippen MR) is 65.1 cm³/mol. The van der Waals surface area contributed by atoms with E-state index in [1.807, 2.05) is 0 Å². The van der Waals surface area contributed by atoms with Gasteiger partial charge in [0.2, 0.25) is 0 Å². The van der Waals surface area contributed by atoms with Gasteiger partial charge in [0.05, 0.1) is 13.2 Å². The van der Waals surface area contributed by atoms with Crippen molar-refractivity contribution in [3.05, 3.63) is 0 Å². The molecule has 106 valence electrons. The van der Waals surface area contributed by atoms with Gasteiger partial charge in [-0.1, -0.05) is 0 Å². The van der Waals surface area contributed by atoms with Crippen LogP contribution < -0.4 is 0 Å². The van der Waals surface area contributed by atoms with Crippen molar-refractivity contribution >= 4 is 83.3 Å². The number of rotatable bonds is 7. The molecule has 0 saturated heterocycles.